The summed E-state index contributed by atoms with van der Waals surface area (Å²) in [6.45, 7) is 3.79. The summed E-state index contributed by atoms with van der Waals surface area (Å²) in [5.74, 6) is 0.157. The molecule has 1 aliphatic rings. The number of hydrogen-bond donors (Lipinski definition) is 1. The molecule has 1 saturated carbocycles. The van der Waals surface area contributed by atoms with Gasteiger partial charge in [-0.1, -0.05) is 26.7 Å². The van der Waals surface area contributed by atoms with Gasteiger partial charge in [-0.3, -0.25) is 4.79 Å². The van der Waals surface area contributed by atoms with Crippen LogP contribution < -0.4 is 0 Å². The normalized spacial score (nSPS) is 27.8. The van der Waals surface area contributed by atoms with E-state index in [0.717, 1.165) is 25.7 Å². The van der Waals surface area contributed by atoms with Gasteiger partial charge in [0.05, 0.1) is 12.1 Å². The van der Waals surface area contributed by atoms with Crippen LogP contribution in [-0.2, 0) is 4.79 Å². The summed E-state index contributed by atoms with van der Waals surface area (Å²) < 4.78 is 0. The van der Waals surface area contributed by atoms with Crippen LogP contribution in [0.4, 0.5) is 0 Å². The van der Waals surface area contributed by atoms with Crippen LogP contribution in [-0.4, -0.2) is 35.1 Å². The topological polar surface area (TPSA) is 40.5 Å². The quantitative estimate of drug-likeness (QED) is 0.730. The van der Waals surface area contributed by atoms with Crippen molar-refractivity contribution >= 4 is 5.91 Å². The highest BCUT2D eigenvalue weighted by Crippen LogP contribution is 2.23. The van der Waals surface area contributed by atoms with Gasteiger partial charge in [0.1, 0.15) is 0 Å². The first-order chi connectivity index (χ1) is 6.54. The summed E-state index contributed by atoms with van der Waals surface area (Å²) in [5, 5.41) is 9.78. The number of aliphatic hydroxyl groups excluding tert-OH is 1. The van der Waals surface area contributed by atoms with E-state index in [-0.39, 0.29) is 24.0 Å². The highest BCUT2D eigenvalue weighted by molar-refractivity contribution is 5.78. The zero-order valence-electron chi connectivity index (χ0n) is 9.36. The van der Waals surface area contributed by atoms with Gasteiger partial charge in [0.15, 0.2) is 0 Å². The molecule has 0 aromatic rings. The number of amides is 1. The van der Waals surface area contributed by atoms with E-state index < -0.39 is 0 Å². The predicted octanol–water partition coefficient (Wildman–Crippen LogP) is 1.40. The van der Waals surface area contributed by atoms with Crippen molar-refractivity contribution in [3.63, 3.8) is 0 Å². The minimum atomic E-state index is -0.323. The Balaban J connectivity index is 2.57. The lowest BCUT2D eigenvalue weighted by Crippen LogP contribution is -2.47. The summed E-state index contributed by atoms with van der Waals surface area (Å²) in [5.41, 5.74) is 0. The van der Waals surface area contributed by atoms with E-state index in [2.05, 4.69) is 0 Å². The van der Waals surface area contributed by atoms with Crippen molar-refractivity contribution in [2.75, 3.05) is 7.05 Å². The molecule has 0 aliphatic heterocycles. The zero-order chi connectivity index (χ0) is 10.7. The van der Waals surface area contributed by atoms with Gasteiger partial charge in [0.25, 0.3) is 0 Å². The molecule has 0 aromatic carbocycles. The third-order valence-corrected chi connectivity index (χ3v) is 3.03. The van der Waals surface area contributed by atoms with Gasteiger partial charge in [-0.05, 0) is 12.8 Å². The molecule has 2 atom stereocenters. The van der Waals surface area contributed by atoms with Gasteiger partial charge in [-0.25, -0.2) is 0 Å². The van der Waals surface area contributed by atoms with Crippen LogP contribution in [0.15, 0.2) is 0 Å². The van der Waals surface area contributed by atoms with E-state index >= 15 is 0 Å². The van der Waals surface area contributed by atoms with Crippen molar-refractivity contribution in [1.82, 2.24) is 4.90 Å². The van der Waals surface area contributed by atoms with Crippen LogP contribution in [0.5, 0.6) is 0 Å². The minimum absolute atomic E-state index is 0.0223. The largest absolute Gasteiger partial charge is 0.391 e. The van der Waals surface area contributed by atoms with E-state index in [0.29, 0.717) is 0 Å². The molecule has 0 heterocycles. The Hall–Kier alpha value is -0.570. The molecule has 0 spiro atoms. The third-order valence-electron chi connectivity index (χ3n) is 3.03. The first kappa shape index (κ1) is 11.5. The molecule has 3 nitrogen and oxygen atoms in total. The molecule has 1 fully saturated rings. The number of aliphatic hydroxyl groups is 1. The second-order valence-corrected chi connectivity index (χ2v) is 4.52. The monoisotopic (exact) mass is 199 g/mol. The molecule has 1 rings (SSSR count). The summed E-state index contributed by atoms with van der Waals surface area (Å²) >= 11 is 0. The summed E-state index contributed by atoms with van der Waals surface area (Å²) in [6.07, 6.45) is 3.66. The second-order valence-electron chi connectivity index (χ2n) is 4.52. The molecule has 14 heavy (non-hydrogen) atoms. The van der Waals surface area contributed by atoms with E-state index in [4.69, 9.17) is 0 Å². The van der Waals surface area contributed by atoms with Crippen LogP contribution in [0.1, 0.15) is 39.5 Å². The van der Waals surface area contributed by atoms with Crippen molar-refractivity contribution < 1.29 is 9.90 Å². The van der Waals surface area contributed by atoms with Gasteiger partial charge in [0.2, 0.25) is 5.91 Å². The van der Waals surface area contributed by atoms with Crippen LogP contribution in [0.25, 0.3) is 0 Å². The number of carbonyl (C=O) groups excluding carboxylic acids is 1. The molecular formula is C11H21NO2. The summed E-state index contributed by atoms with van der Waals surface area (Å²) in [6, 6.07) is 0.0404. The van der Waals surface area contributed by atoms with E-state index in [1.807, 2.05) is 20.9 Å². The second kappa shape index (κ2) is 4.78. The van der Waals surface area contributed by atoms with Crippen molar-refractivity contribution in [3.05, 3.63) is 0 Å². The number of likely N-dealkylation sites (N-methyl/N-ethyl adjacent to an activating group) is 1. The van der Waals surface area contributed by atoms with E-state index in [1.54, 1.807) is 4.90 Å². The Morgan fingerprint density at radius 1 is 1.36 bits per heavy atom. The minimum Gasteiger partial charge on any atom is -0.391 e. The fourth-order valence-corrected chi connectivity index (χ4v) is 2.11. The molecule has 0 bridgehead atoms. The molecule has 1 N–H and O–H groups in total. The molecule has 0 saturated heterocycles. The van der Waals surface area contributed by atoms with Gasteiger partial charge < -0.3 is 10.0 Å². The maximum Gasteiger partial charge on any atom is 0.225 e. The van der Waals surface area contributed by atoms with Crippen molar-refractivity contribution in [1.29, 1.82) is 0 Å². The maximum absolute atomic E-state index is 11.7. The van der Waals surface area contributed by atoms with Gasteiger partial charge in [-0.2, -0.15) is 0 Å². The first-order valence-electron chi connectivity index (χ1n) is 5.48. The Kier molecular flexibility index (Phi) is 3.93. The van der Waals surface area contributed by atoms with Crippen LogP contribution in [0.3, 0.4) is 0 Å². The Morgan fingerprint density at radius 3 is 2.43 bits per heavy atom. The lowest BCUT2D eigenvalue weighted by Gasteiger charge is -2.36. The molecule has 3 heteroatoms. The maximum atomic E-state index is 11.7. The lowest BCUT2D eigenvalue weighted by molar-refractivity contribution is -0.138. The standard InChI is InChI=1S/C11H21NO2/c1-8(2)11(14)12(3)9-6-4-5-7-10(9)13/h8-10,13H,4-7H2,1-3H3/t9-,10-/m1/s1. The highest BCUT2D eigenvalue weighted by Gasteiger charge is 2.29. The smallest absolute Gasteiger partial charge is 0.225 e. The average Bonchev–Trinajstić information content (AvgIpc) is 2.16. The fourth-order valence-electron chi connectivity index (χ4n) is 2.11. The molecule has 0 aromatic heterocycles. The third kappa shape index (κ3) is 2.47. The summed E-state index contributed by atoms with van der Waals surface area (Å²) in [4.78, 5) is 13.4. The lowest BCUT2D eigenvalue weighted by atomic mass is 9.91. The Bertz CT molecular complexity index is 203. The van der Waals surface area contributed by atoms with Crippen molar-refractivity contribution in [2.24, 2.45) is 5.92 Å². The average molecular weight is 199 g/mol. The Labute approximate surface area is 86.1 Å². The number of nitrogens with zero attached hydrogens (tertiary/aromatic N) is 1. The SMILES string of the molecule is CC(C)C(=O)N(C)[C@@H]1CCCC[C@H]1O. The predicted molar refractivity (Wildman–Crippen MR) is 55.9 cm³/mol. The molecular weight excluding hydrogens is 178 g/mol. The van der Waals surface area contributed by atoms with Gasteiger partial charge >= 0.3 is 0 Å². The van der Waals surface area contributed by atoms with Crippen molar-refractivity contribution in [3.8, 4) is 0 Å². The number of rotatable bonds is 2. The zero-order valence-corrected chi connectivity index (χ0v) is 9.36. The molecule has 0 radical (unpaired) electrons. The summed E-state index contributed by atoms with van der Waals surface area (Å²) in [7, 11) is 1.81. The van der Waals surface area contributed by atoms with Crippen molar-refractivity contribution in [2.45, 2.75) is 51.7 Å². The fraction of sp³-hybridized carbons (Fsp3) is 0.909. The number of hydrogen-bond acceptors (Lipinski definition) is 2. The van der Waals surface area contributed by atoms with Crippen LogP contribution in [0.2, 0.25) is 0 Å². The van der Waals surface area contributed by atoms with Gasteiger partial charge in [0, 0.05) is 13.0 Å². The van der Waals surface area contributed by atoms with E-state index in [1.165, 1.54) is 0 Å². The molecule has 0 unspecified atom stereocenters. The highest BCUT2D eigenvalue weighted by atomic mass is 16.3. The van der Waals surface area contributed by atoms with E-state index in [9.17, 15) is 9.90 Å². The first-order valence-corrected chi connectivity index (χ1v) is 5.48. The number of carbonyl (C=O) groups is 1. The van der Waals surface area contributed by atoms with Gasteiger partial charge in [-0.15, -0.1) is 0 Å². The molecule has 1 aliphatic carbocycles. The Morgan fingerprint density at radius 2 is 1.93 bits per heavy atom. The molecule has 82 valence electrons. The van der Waals surface area contributed by atoms with Crippen LogP contribution in [0, 0.1) is 5.92 Å². The molecule has 1 amide bonds. The van der Waals surface area contributed by atoms with Crippen LogP contribution >= 0.6 is 0 Å².